The Kier molecular flexibility index (Phi) is 4.27. The van der Waals surface area contributed by atoms with Gasteiger partial charge in [0, 0.05) is 4.90 Å². The summed E-state index contributed by atoms with van der Waals surface area (Å²) in [6.07, 6.45) is 5.02. The first-order chi connectivity index (χ1) is 9.17. The van der Waals surface area contributed by atoms with Gasteiger partial charge in [0.05, 0.1) is 17.6 Å². The van der Waals surface area contributed by atoms with Crippen LogP contribution in [0.1, 0.15) is 29.4 Å². The summed E-state index contributed by atoms with van der Waals surface area (Å²) in [5.41, 5.74) is 1.95. The van der Waals surface area contributed by atoms with Crippen LogP contribution in [0.15, 0.2) is 35.4 Å². The molecule has 2 aromatic rings. The molecule has 1 heterocycles. The number of rotatable bonds is 5. The molecule has 5 heteroatoms. The van der Waals surface area contributed by atoms with Crippen LogP contribution in [0.2, 0.25) is 0 Å². The van der Waals surface area contributed by atoms with Gasteiger partial charge in [-0.3, -0.25) is 0 Å². The fourth-order valence-electron chi connectivity index (χ4n) is 1.99. The Bertz CT molecular complexity index is 593. The van der Waals surface area contributed by atoms with Crippen molar-refractivity contribution in [1.82, 2.24) is 9.78 Å². The predicted octanol–water partition coefficient (Wildman–Crippen LogP) is 3.24. The number of thioether (sulfide) groups is 1. The molecule has 19 heavy (non-hydrogen) atoms. The topological polar surface area (TPSA) is 55.1 Å². The lowest BCUT2D eigenvalue weighted by Crippen LogP contribution is -2.06. The molecule has 4 nitrogen and oxygen atoms in total. The average molecular weight is 276 g/mol. The lowest BCUT2D eigenvalue weighted by atomic mass is 10.1. The van der Waals surface area contributed by atoms with E-state index in [9.17, 15) is 9.90 Å². The minimum Gasteiger partial charge on any atom is -0.478 e. The number of carboxylic acid groups (broad SMARTS) is 1. The summed E-state index contributed by atoms with van der Waals surface area (Å²) in [4.78, 5) is 12.3. The molecule has 1 aromatic carbocycles. The molecule has 0 fully saturated rings. The third-order valence-corrected chi connectivity index (χ3v) is 3.61. The van der Waals surface area contributed by atoms with Gasteiger partial charge in [0.25, 0.3) is 0 Å². The molecule has 0 aliphatic rings. The quantitative estimate of drug-likeness (QED) is 0.852. The van der Waals surface area contributed by atoms with Gasteiger partial charge in [-0.15, -0.1) is 11.8 Å². The first kappa shape index (κ1) is 13.7. The molecule has 2 rings (SSSR count). The highest BCUT2D eigenvalue weighted by atomic mass is 32.2. The fourth-order valence-corrected chi connectivity index (χ4v) is 2.45. The van der Waals surface area contributed by atoms with Crippen molar-refractivity contribution in [1.29, 1.82) is 0 Å². The summed E-state index contributed by atoms with van der Waals surface area (Å²) >= 11 is 1.65. The van der Waals surface area contributed by atoms with Crippen LogP contribution in [-0.2, 0) is 6.42 Å². The largest absolute Gasteiger partial charge is 0.478 e. The van der Waals surface area contributed by atoms with Gasteiger partial charge < -0.3 is 5.11 Å². The van der Waals surface area contributed by atoms with E-state index in [-0.39, 0.29) is 5.56 Å². The molecule has 0 amide bonds. The molecule has 0 unspecified atom stereocenters. The minimum absolute atomic E-state index is 0.288. The lowest BCUT2D eigenvalue weighted by molar-refractivity contribution is 0.0695. The number of aromatic nitrogens is 2. The van der Waals surface area contributed by atoms with Crippen LogP contribution in [0, 0.1) is 0 Å². The maximum atomic E-state index is 11.2. The average Bonchev–Trinajstić information content (AvgIpc) is 2.83. The molecule has 0 bridgehead atoms. The number of benzene rings is 1. The van der Waals surface area contributed by atoms with E-state index in [2.05, 4.69) is 5.10 Å². The number of carboxylic acids is 1. The molecule has 0 spiro atoms. The van der Waals surface area contributed by atoms with Crippen molar-refractivity contribution in [3.8, 4) is 5.69 Å². The maximum absolute atomic E-state index is 11.2. The minimum atomic E-state index is -0.921. The Hall–Kier alpha value is -1.75. The molecule has 0 aliphatic carbocycles. The molecular formula is C14H16N2O2S. The van der Waals surface area contributed by atoms with Crippen LogP contribution in [-0.4, -0.2) is 27.1 Å². The fraction of sp³-hybridized carbons (Fsp3) is 0.286. The first-order valence-electron chi connectivity index (χ1n) is 6.12. The third kappa shape index (κ3) is 2.81. The lowest BCUT2D eigenvalue weighted by Gasteiger charge is -2.08. The van der Waals surface area contributed by atoms with Gasteiger partial charge >= 0.3 is 5.97 Å². The molecule has 100 valence electrons. The van der Waals surface area contributed by atoms with Gasteiger partial charge in [0.15, 0.2) is 0 Å². The van der Waals surface area contributed by atoms with Crippen molar-refractivity contribution in [2.45, 2.75) is 24.7 Å². The van der Waals surface area contributed by atoms with Gasteiger partial charge in [-0.1, -0.05) is 19.4 Å². The molecule has 0 radical (unpaired) electrons. The highest BCUT2D eigenvalue weighted by Gasteiger charge is 2.16. The Morgan fingerprint density at radius 3 is 2.89 bits per heavy atom. The Morgan fingerprint density at radius 2 is 2.26 bits per heavy atom. The highest BCUT2D eigenvalue weighted by Crippen LogP contribution is 2.21. The van der Waals surface area contributed by atoms with Crippen LogP contribution >= 0.6 is 11.8 Å². The molecular weight excluding hydrogens is 260 g/mol. The second-order valence-electron chi connectivity index (χ2n) is 4.17. The molecule has 1 N–H and O–H groups in total. The van der Waals surface area contributed by atoms with E-state index in [0.717, 1.165) is 22.7 Å². The SMILES string of the molecule is CCCc1c(C(=O)O)cnn1-c1cccc(SC)c1. The van der Waals surface area contributed by atoms with E-state index in [4.69, 9.17) is 0 Å². The van der Waals surface area contributed by atoms with E-state index in [0.29, 0.717) is 6.42 Å². The van der Waals surface area contributed by atoms with E-state index in [1.165, 1.54) is 6.20 Å². The van der Waals surface area contributed by atoms with E-state index in [1.807, 2.05) is 37.4 Å². The standard InChI is InChI=1S/C14H16N2O2S/c1-3-5-13-12(14(17)18)9-15-16(13)10-6-4-7-11(8-10)19-2/h4,6-9H,3,5H2,1-2H3,(H,17,18). The normalized spacial score (nSPS) is 10.6. The summed E-state index contributed by atoms with van der Waals surface area (Å²) < 4.78 is 1.73. The van der Waals surface area contributed by atoms with E-state index < -0.39 is 5.97 Å². The van der Waals surface area contributed by atoms with E-state index >= 15 is 0 Å². The van der Waals surface area contributed by atoms with Gasteiger partial charge in [0.2, 0.25) is 0 Å². The Labute approximate surface area is 116 Å². The Balaban J connectivity index is 2.51. The van der Waals surface area contributed by atoms with Crippen LogP contribution in [0.25, 0.3) is 5.69 Å². The summed E-state index contributed by atoms with van der Waals surface area (Å²) in [5, 5.41) is 13.4. The summed E-state index contributed by atoms with van der Waals surface area (Å²) in [5.74, 6) is -0.921. The van der Waals surface area contributed by atoms with Crippen molar-refractivity contribution in [2.24, 2.45) is 0 Å². The monoisotopic (exact) mass is 276 g/mol. The molecule has 0 aliphatic heterocycles. The number of carbonyl (C=O) groups is 1. The summed E-state index contributed by atoms with van der Waals surface area (Å²) in [6, 6.07) is 7.94. The van der Waals surface area contributed by atoms with Gasteiger partial charge in [-0.25, -0.2) is 9.48 Å². The molecule has 0 saturated heterocycles. The van der Waals surface area contributed by atoms with Crippen molar-refractivity contribution >= 4 is 17.7 Å². The molecule has 1 aromatic heterocycles. The van der Waals surface area contributed by atoms with E-state index in [1.54, 1.807) is 16.4 Å². The Morgan fingerprint density at radius 1 is 1.47 bits per heavy atom. The molecule has 0 saturated carbocycles. The highest BCUT2D eigenvalue weighted by molar-refractivity contribution is 7.98. The smallest absolute Gasteiger partial charge is 0.339 e. The first-order valence-corrected chi connectivity index (χ1v) is 7.34. The summed E-state index contributed by atoms with van der Waals surface area (Å²) in [6.45, 7) is 2.03. The van der Waals surface area contributed by atoms with Gasteiger partial charge in [-0.2, -0.15) is 5.10 Å². The maximum Gasteiger partial charge on any atom is 0.339 e. The van der Waals surface area contributed by atoms with Crippen molar-refractivity contribution in [3.63, 3.8) is 0 Å². The van der Waals surface area contributed by atoms with Crippen molar-refractivity contribution in [3.05, 3.63) is 41.7 Å². The van der Waals surface area contributed by atoms with Crippen molar-refractivity contribution in [2.75, 3.05) is 6.26 Å². The number of hydrogen-bond donors (Lipinski definition) is 1. The second kappa shape index (κ2) is 5.93. The molecule has 0 atom stereocenters. The van der Waals surface area contributed by atoms with Gasteiger partial charge in [0.1, 0.15) is 5.56 Å². The predicted molar refractivity (Wildman–Crippen MR) is 76.3 cm³/mol. The van der Waals surface area contributed by atoms with Gasteiger partial charge in [-0.05, 0) is 30.9 Å². The number of hydrogen-bond acceptors (Lipinski definition) is 3. The third-order valence-electron chi connectivity index (χ3n) is 2.88. The van der Waals surface area contributed by atoms with Crippen LogP contribution in [0.5, 0.6) is 0 Å². The zero-order valence-corrected chi connectivity index (χ0v) is 11.8. The van der Waals surface area contributed by atoms with Crippen LogP contribution < -0.4 is 0 Å². The zero-order valence-electron chi connectivity index (χ0n) is 11.0. The number of aromatic carboxylic acids is 1. The van der Waals surface area contributed by atoms with Crippen LogP contribution in [0.4, 0.5) is 0 Å². The van der Waals surface area contributed by atoms with Crippen LogP contribution in [0.3, 0.4) is 0 Å². The number of nitrogens with zero attached hydrogens (tertiary/aromatic N) is 2. The zero-order chi connectivity index (χ0) is 13.8. The second-order valence-corrected chi connectivity index (χ2v) is 5.05. The summed E-state index contributed by atoms with van der Waals surface area (Å²) in [7, 11) is 0. The van der Waals surface area contributed by atoms with Crippen molar-refractivity contribution < 1.29 is 9.90 Å².